The highest BCUT2D eigenvalue weighted by Crippen LogP contribution is 2.27. The molecule has 32 heavy (non-hydrogen) atoms. The molecule has 9 nitrogen and oxygen atoms in total. The number of benzene rings is 3. The molecule has 3 aromatic rings. The van der Waals surface area contributed by atoms with E-state index in [1.165, 1.54) is 54.6 Å². The van der Waals surface area contributed by atoms with Crippen LogP contribution in [0.4, 0.5) is 11.4 Å². The average Bonchev–Trinajstić information content (AvgIpc) is 3.03. The van der Waals surface area contributed by atoms with Crippen LogP contribution in [0.2, 0.25) is 0 Å². The number of non-ortho nitro benzene ring substituents is 1. The normalized spacial score (nSPS) is 13.6. The number of anilines is 1. The van der Waals surface area contributed by atoms with Crippen LogP contribution in [0, 0.1) is 10.1 Å². The Balaban J connectivity index is 1.68. The van der Waals surface area contributed by atoms with Gasteiger partial charge in [0.05, 0.1) is 16.1 Å². The minimum Gasteiger partial charge on any atom is -0.508 e. The molecule has 4 rings (SSSR count). The Morgan fingerprint density at radius 2 is 1.59 bits per heavy atom. The number of hydrogen-bond acceptors (Lipinski definition) is 6. The van der Waals surface area contributed by atoms with E-state index in [1.54, 1.807) is 18.2 Å². The van der Waals surface area contributed by atoms with Crippen molar-refractivity contribution >= 4 is 29.1 Å². The second-order valence-corrected chi connectivity index (χ2v) is 7.21. The Morgan fingerprint density at radius 3 is 2.16 bits per heavy atom. The molecule has 0 fully saturated rings. The Labute approximate surface area is 182 Å². The van der Waals surface area contributed by atoms with E-state index in [0.29, 0.717) is 11.3 Å². The monoisotopic (exact) mass is 431 g/mol. The summed E-state index contributed by atoms with van der Waals surface area (Å²) in [6, 6.07) is 16.5. The number of fused-ring (bicyclic) bond motifs is 1. The maximum atomic E-state index is 13.2. The number of imide groups is 1. The first-order chi connectivity index (χ1) is 15.3. The van der Waals surface area contributed by atoms with Gasteiger partial charge in [-0.15, -0.1) is 0 Å². The smallest absolute Gasteiger partial charge is 0.269 e. The summed E-state index contributed by atoms with van der Waals surface area (Å²) < 4.78 is 0. The number of phenolic OH excluding ortho intramolecular Hbond substituents is 1. The topological polar surface area (TPSA) is 130 Å². The number of nitrogens with zero attached hydrogens (tertiary/aromatic N) is 2. The predicted molar refractivity (Wildman–Crippen MR) is 114 cm³/mol. The van der Waals surface area contributed by atoms with E-state index < -0.39 is 28.7 Å². The molecule has 3 aromatic carbocycles. The number of rotatable bonds is 6. The molecule has 1 heterocycles. The lowest BCUT2D eigenvalue weighted by Gasteiger charge is -2.25. The first-order valence-corrected chi connectivity index (χ1v) is 9.65. The van der Waals surface area contributed by atoms with Crippen LogP contribution >= 0.6 is 0 Å². The highest BCUT2D eigenvalue weighted by atomic mass is 16.6. The Kier molecular flexibility index (Phi) is 5.38. The lowest BCUT2D eigenvalue weighted by molar-refractivity contribution is -0.384. The SMILES string of the molecule is O=C(Nc1cccc(O)c1)[C@@H](Cc1ccc([N+](=O)[O-])cc1)N1C(=O)c2ccccc2C1=O. The van der Waals surface area contributed by atoms with Crippen LogP contribution in [-0.4, -0.2) is 38.7 Å². The molecule has 2 N–H and O–H groups in total. The van der Waals surface area contributed by atoms with Crippen LogP contribution in [-0.2, 0) is 11.2 Å². The van der Waals surface area contributed by atoms with E-state index in [1.807, 2.05) is 0 Å². The van der Waals surface area contributed by atoms with Gasteiger partial charge in [-0.2, -0.15) is 0 Å². The third kappa shape index (κ3) is 3.91. The lowest BCUT2D eigenvalue weighted by atomic mass is 10.0. The van der Waals surface area contributed by atoms with Crippen molar-refractivity contribution in [2.75, 3.05) is 5.32 Å². The van der Waals surface area contributed by atoms with Gasteiger partial charge in [0.15, 0.2) is 0 Å². The minimum absolute atomic E-state index is 0.0475. The van der Waals surface area contributed by atoms with Crippen LogP contribution in [0.5, 0.6) is 5.75 Å². The lowest BCUT2D eigenvalue weighted by Crippen LogP contribution is -2.48. The van der Waals surface area contributed by atoms with E-state index in [4.69, 9.17) is 0 Å². The predicted octanol–water partition coefficient (Wildman–Crippen LogP) is 3.15. The summed E-state index contributed by atoms with van der Waals surface area (Å²) in [6.45, 7) is 0. The molecule has 3 amide bonds. The highest BCUT2D eigenvalue weighted by molar-refractivity contribution is 6.23. The Morgan fingerprint density at radius 1 is 0.969 bits per heavy atom. The molecule has 0 radical (unpaired) electrons. The second kappa shape index (κ2) is 8.31. The van der Waals surface area contributed by atoms with Gasteiger partial charge in [-0.3, -0.25) is 29.4 Å². The third-order valence-electron chi connectivity index (χ3n) is 5.13. The molecule has 0 spiro atoms. The van der Waals surface area contributed by atoms with Crippen molar-refractivity contribution in [3.8, 4) is 5.75 Å². The van der Waals surface area contributed by atoms with Crippen molar-refractivity contribution in [3.05, 3.63) is 99.6 Å². The summed E-state index contributed by atoms with van der Waals surface area (Å²) >= 11 is 0. The summed E-state index contributed by atoms with van der Waals surface area (Å²) in [4.78, 5) is 50.4. The molecule has 9 heteroatoms. The number of carbonyl (C=O) groups is 3. The van der Waals surface area contributed by atoms with Gasteiger partial charge in [0.2, 0.25) is 5.91 Å². The molecule has 0 aliphatic carbocycles. The Hall–Kier alpha value is -4.53. The van der Waals surface area contributed by atoms with Crippen molar-refractivity contribution in [3.63, 3.8) is 0 Å². The maximum absolute atomic E-state index is 13.2. The summed E-state index contributed by atoms with van der Waals surface area (Å²) in [5.74, 6) is -1.88. The molecule has 0 aromatic heterocycles. The maximum Gasteiger partial charge on any atom is 0.269 e. The standard InChI is InChI=1S/C23H17N3O6/c27-17-5-3-4-15(13-17)24-21(28)20(12-14-8-10-16(11-9-14)26(31)32)25-22(29)18-6-1-2-7-19(18)23(25)30/h1-11,13,20,27H,12H2,(H,24,28)/t20-/m1/s1. The molecule has 160 valence electrons. The van der Waals surface area contributed by atoms with Gasteiger partial charge in [-0.1, -0.05) is 30.3 Å². The van der Waals surface area contributed by atoms with Crippen molar-refractivity contribution in [2.24, 2.45) is 0 Å². The van der Waals surface area contributed by atoms with E-state index >= 15 is 0 Å². The van der Waals surface area contributed by atoms with Crippen LogP contribution in [0.1, 0.15) is 26.3 Å². The zero-order valence-electron chi connectivity index (χ0n) is 16.6. The second-order valence-electron chi connectivity index (χ2n) is 7.21. The van der Waals surface area contributed by atoms with E-state index in [0.717, 1.165) is 4.90 Å². The zero-order valence-corrected chi connectivity index (χ0v) is 16.6. The summed E-state index contributed by atoms with van der Waals surface area (Å²) in [5.41, 5.74) is 1.12. The Bertz CT molecular complexity index is 1200. The van der Waals surface area contributed by atoms with Gasteiger partial charge < -0.3 is 10.4 Å². The third-order valence-corrected chi connectivity index (χ3v) is 5.13. The van der Waals surface area contributed by atoms with Crippen LogP contribution in [0.3, 0.4) is 0 Å². The number of nitro benzene ring substituents is 1. The molecule has 0 saturated carbocycles. The largest absolute Gasteiger partial charge is 0.508 e. The fourth-order valence-corrected chi connectivity index (χ4v) is 3.58. The van der Waals surface area contributed by atoms with Crippen molar-refractivity contribution in [1.29, 1.82) is 0 Å². The summed E-state index contributed by atoms with van der Waals surface area (Å²) in [6.07, 6.45) is -0.0475. The average molecular weight is 431 g/mol. The van der Waals surface area contributed by atoms with E-state index in [9.17, 15) is 29.6 Å². The van der Waals surface area contributed by atoms with E-state index in [2.05, 4.69) is 5.32 Å². The molecule has 1 aliphatic rings. The number of nitrogens with one attached hydrogen (secondary N) is 1. The molecular formula is C23H17N3O6. The summed E-state index contributed by atoms with van der Waals surface area (Å²) in [7, 11) is 0. The fourth-order valence-electron chi connectivity index (χ4n) is 3.58. The van der Waals surface area contributed by atoms with E-state index in [-0.39, 0.29) is 29.0 Å². The highest BCUT2D eigenvalue weighted by Gasteiger charge is 2.42. The quantitative estimate of drug-likeness (QED) is 0.350. The number of amides is 3. The summed E-state index contributed by atoms with van der Waals surface area (Å²) in [5, 5.41) is 23.2. The molecule has 1 atom stereocenters. The zero-order chi connectivity index (χ0) is 22.8. The molecule has 0 unspecified atom stereocenters. The van der Waals surface area contributed by atoms with Gasteiger partial charge in [0.25, 0.3) is 17.5 Å². The van der Waals surface area contributed by atoms with Gasteiger partial charge in [-0.05, 0) is 29.8 Å². The van der Waals surface area contributed by atoms with Crippen molar-refractivity contribution in [1.82, 2.24) is 4.90 Å². The number of carbonyl (C=O) groups excluding carboxylic acids is 3. The first-order valence-electron chi connectivity index (χ1n) is 9.65. The van der Waals surface area contributed by atoms with Crippen molar-refractivity contribution < 1.29 is 24.4 Å². The molecule has 0 bridgehead atoms. The van der Waals surface area contributed by atoms with Gasteiger partial charge in [0.1, 0.15) is 11.8 Å². The van der Waals surface area contributed by atoms with Gasteiger partial charge in [0, 0.05) is 30.3 Å². The van der Waals surface area contributed by atoms with Crippen LogP contribution in [0.25, 0.3) is 0 Å². The number of hydrogen-bond donors (Lipinski definition) is 2. The molecule has 0 saturated heterocycles. The fraction of sp³-hybridized carbons (Fsp3) is 0.0870. The van der Waals surface area contributed by atoms with Gasteiger partial charge in [-0.25, -0.2) is 0 Å². The van der Waals surface area contributed by atoms with Crippen LogP contribution < -0.4 is 5.32 Å². The minimum atomic E-state index is -1.22. The first kappa shape index (κ1) is 20.7. The number of aromatic hydroxyl groups is 1. The van der Waals surface area contributed by atoms with Crippen LogP contribution in [0.15, 0.2) is 72.8 Å². The number of phenols is 1. The van der Waals surface area contributed by atoms with Gasteiger partial charge >= 0.3 is 0 Å². The molecule has 1 aliphatic heterocycles. The molecular weight excluding hydrogens is 414 g/mol. The number of nitro groups is 1. The van der Waals surface area contributed by atoms with Crippen molar-refractivity contribution in [2.45, 2.75) is 12.5 Å².